The maximum Gasteiger partial charge on any atom is 0.262 e. The van der Waals surface area contributed by atoms with Crippen LogP contribution in [0.3, 0.4) is 0 Å². The van der Waals surface area contributed by atoms with Crippen molar-refractivity contribution in [3.05, 3.63) is 118 Å². The lowest BCUT2D eigenvalue weighted by molar-refractivity contribution is -0.118. The van der Waals surface area contributed by atoms with Gasteiger partial charge in [-0.1, -0.05) is 59.6 Å². The molecule has 37 heavy (non-hydrogen) atoms. The number of benzene rings is 4. The minimum Gasteiger partial charge on any atom is -0.476 e. The van der Waals surface area contributed by atoms with E-state index in [1.165, 1.54) is 6.07 Å². The standard InChI is InChI=1S/C30H22ClNO5/c1-19-7-9-20(10-8-19)29-30(28(34)25-17-21(31)11-16-26(25)37-29)35-18-27(33)32-22-12-14-24(15-13-22)36-23-5-3-2-4-6-23/h2-17H,18H2,1H3,(H,32,33). The van der Waals surface area contributed by atoms with Gasteiger partial charge in [0.1, 0.15) is 17.1 Å². The number of hydrogen-bond donors (Lipinski definition) is 1. The summed E-state index contributed by atoms with van der Waals surface area (Å²) in [5.74, 6) is 1.11. The maximum atomic E-state index is 13.3. The normalized spacial score (nSPS) is 10.8. The van der Waals surface area contributed by atoms with E-state index in [9.17, 15) is 9.59 Å². The SMILES string of the molecule is Cc1ccc(-c2oc3ccc(Cl)cc3c(=O)c2OCC(=O)Nc2ccc(Oc3ccccc3)cc2)cc1. The van der Waals surface area contributed by atoms with E-state index < -0.39 is 17.9 Å². The van der Waals surface area contributed by atoms with Crippen molar-refractivity contribution in [2.75, 3.05) is 11.9 Å². The topological polar surface area (TPSA) is 77.8 Å². The molecule has 5 rings (SSSR count). The zero-order chi connectivity index (χ0) is 25.8. The Morgan fingerprint density at radius 2 is 1.59 bits per heavy atom. The Labute approximate surface area is 218 Å². The molecule has 184 valence electrons. The Balaban J connectivity index is 1.34. The zero-order valence-electron chi connectivity index (χ0n) is 19.9. The van der Waals surface area contributed by atoms with Crippen LogP contribution in [0.1, 0.15) is 5.56 Å². The molecule has 4 aromatic carbocycles. The lowest BCUT2D eigenvalue weighted by atomic mass is 10.1. The highest BCUT2D eigenvalue weighted by atomic mass is 35.5. The molecule has 0 fully saturated rings. The molecule has 0 saturated carbocycles. The van der Waals surface area contributed by atoms with E-state index in [-0.39, 0.29) is 16.9 Å². The van der Waals surface area contributed by atoms with Crippen LogP contribution in [0, 0.1) is 6.92 Å². The van der Waals surface area contributed by atoms with E-state index >= 15 is 0 Å². The van der Waals surface area contributed by atoms with E-state index in [0.717, 1.165) is 5.56 Å². The molecule has 1 N–H and O–H groups in total. The first-order valence-electron chi connectivity index (χ1n) is 11.6. The Morgan fingerprint density at radius 3 is 2.32 bits per heavy atom. The summed E-state index contributed by atoms with van der Waals surface area (Å²) < 4.78 is 17.6. The highest BCUT2D eigenvalue weighted by Crippen LogP contribution is 2.32. The van der Waals surface area contributed by atoms with Crippen molar-refractivity contribution in [3.63, 3.8) is 0 Å². The number of anilines is 1. The van der Waals surface area contributed by atoms with Gasteiger partial charge in [-0.05, 0) is 61.5 Å². The summed E-state index contributed by atoms with van der Waals surface area (Å²) in [6.45, 7) is 1.57. The number of aryl methyl sites for hydroxylation is 1. The third-order valence-electron chi connectivity index (χ3n) is 5.59. The number of fused-ring (bicyclic) bond motifs is 1. The number of carbonyl (C=O) groups excluding carboxylic acids is 1. The lowest BCUT2D eigenvalue weighted by Gasteiger charge is -2.12. The van der Waals surface area contributed by atoms with Gasteiger partial charge in [0.25, 0.3) is 5.91 Å². The summed E-state index contributed by atoms with van der Waals surface area (Å²) in [6.07, 6.45) is 0. The second-order valence-electron chi connectivity index (χ2n) is 8.37. The summed E-state index contributed by atoms with van der Waals surface area (Å²) >= 11 is 6.10. The van der Waals surface area contributed by atoms with Crippen LogP contribution < -0.4 is 20.2 Å². The van der Waals surface area contributed by atoms with Crippen molar-refractivity contribution in [2.24, 2.45) is 0 Å². The first kappa shape index (κ1) is 24.2. The van der Waals surface area contributed by atoms with Gasteiger partial charge in [-0.25, -0.2) is 0 Å². The summed E-state index contributed by atoms with van der Waals surface area (Å²) in [6, 6.07) is 28.6. The molecule has 1 heterocycles. The van der Waals surface area contributed by atoms with Crippen molar-refractivity contribution in [2.45, 2.75) is 6.92 Å². The molecular formula is C30H22ClNO5. The van der Waals surface area contributed by atoms with Crippen molar-refractivity contribution in [3.8, 4) is 28.6 Å². The number of amides is 1. The molecule has 0 aliphatic carbocycles. The second kappa shape index (κ2) is 10.6. The molecule has 0 radical (unpaired) electrons. The van der Waals surface area contributed by atoms with Gasteiger partial charge >= 0.3 is 0 Å². The summed E-state index contributed by atoms with van der Waals surface area (Å²) in [5.41, 5.74) is 2.24. The first-order chi connectivity index (χ1) is 18.0. The first-order valence-corrected chi connectivity index (χ1v) is 11.9. The van der Waals surface area contributed by atoms with E-state index in [0.29, 0.717) is 33.4 Å². The Hall–Kier alpha value is -4.55. The van der Waals surface area contributed by atoms with E-state index in [1.807, 2.05) is 61.5 Å². The van der Waals surface area contributed by atoms with Gasteiger partial charge in [-0.3, -0.25) is 9.59 Å². The van der Waals surface area contributed by atoms with E-state index in [1.54, 1.807) is 36.4 Å². The summed E-state index contributed by atoms with van der Waals surface area (Å²) in [7, 11) is 0. The predicted octanol–water partition coefficient (Wildman–Crippen LogP) is 7.23. The molecule has 1 amide bonds. The molecule has 7 heteroatoms. The molecule has 0 aliphatic heterocycles. The number of halogens is 1. The fourth-order valence-corrected chi connectivity index (χ4v) is 3.91. The Morgan fingerprint density at radius 1 is 0.892 bits per heavy atom. The Kier molecular flexibility index (Phi) is 6.92. The quantitative estimate of drug-likeness (QED) is 0.249. The fraction of sp³-hybridized carbons (Fsp3) is 0.0667. The molecule has 6 nitrogen and oxygen atoms in total. The van der Waals surface area contributed by atoms with Gasteiger partial charge in [0.2, 0.25) is 11.2 Å². The number of rotatable bonds is 7. The number of hydrogen-bond acceptors (Lipinski definition) is 5. The zero-order valence-corrected chi connectivity index (χ0v) is 20.6. The van der Waals surface area contributed by atoms with E-state index in [2.05, 4.69) is 5.32 Å². The van der Waals surface area contributed by atoms with Gasteiger partial charge in [0.15, 0.2) is 12.4 Å². The number of nitrogens with one attached hydrogen (secondary N) is 1. The molecule has 0 spiro atoms. The monoisotopic (exact) mass is 511 g/mol. The van der Waals surface area contributed by atoms with Gasteiger partial charge in [-0.2, -0.15) is 0 Å². The summed E-state index contributed by atoms with van der Waals surface area (Å²) in [4.78, 5) is 26.0. The Bertz CT molecular complexity index is 1610. The van der Waals surface area contributed by atoms with Crippen LogP contribution in [0.4, 0.5) is 5.69 Å². The molecule has 0 bridgehead atoms. The van der Waals surface area contributed by atoms with Crippen molar-refractivity contribution in [1.82, 2.24) is 0 Å². The third kappa shape index (κ3) is 5.66. The summed E-state index contributed by atoms with van der Waals surface area (Å²) in [5, 5.41) is 3.43. The highest BCUT2D eigenvalue weighted by Gasteiger charge is 2.19. The van der Waals surface area contributed by atoms with Crippen molar-refractivity contribution < 1.29 is 18.7 Å². The van der Waals surface area contributed by atoms with Crippen LogP contribution in [0.5, 0.6) is 17.2 Å². The largest absolute Gasteiger partial charge is 0.476 e. The molecular weight excluding hydrogens is 490 g/mol. The van der Waals surface area contributed by atoms with E-state index in [4.69, 9.17) is 25.5 Å². The average molecular weight is 512 g/mol. The smallest absolute Gasteiger partial charge is 0.262 e. The van der Waals surface area contributed by atoms with Crippen LogP contribution in [0.25, 0.3) is 22.3 Å². The van der Waals surface area contributed by atoms with Crippen molar-refractivity contribution >= 4 is 34.2 Å². The van der Waals surface area contributed by atoms with Crippen molar-refractivity contribution in [1.29, 1.82) is 0 Å². The number of ether oxygens (including phenoxy) is 2. The lowest BCUT2D eigenvalue weighted by Crippen LogP contribution is -2.22. The molecule has 0 unspecified atom stereocenters. The van der Waals surface area contributed by atoms with Crippen LogP contribution in [0.15, 0.2) is 106 Å². The fourth-order valence-electron chi connectivity index (χ4n) is 3.74. The average Bonchev–Trinajstić information content (AvgIpc) is 2.90. The molecule has 0 saturated heterocycles. The van der Waals surface area contributed by atoms with Crippen LogP contribution in [0.2, 0.25) is 5.02 Å². The number of para-hydroxylation sites is 1. The van der Waals surface area contributed by atoms with Gasteiger partial charge < -0.3 is 19.2 Å². The minimum atomic E-state index is -0.433. The van der Waals surface area contributed by atoms with Gasteiger partial charge in [-0.15, -0.1) is 0 Å². The van der Waals surface area contributed by atoms with Crippen LogP contribution >= 0.6 is 11.6 Å². The van der Waals surface area contributed by atoms with Gasteiger partial charge in [0, 0.05) is 16.3 Å². The molecule has 5 aromatic rings. The molecule has 0 atom stereocenters. The molecule has 0 aliphatic rings. The van der Waals surface area contributed by atoms with Crippen LogP contribution in [-0.4, -0.2) is 12.5 Å². The minimum absolute atomic E-state index is 0.0552. The maximum absolute atomic E-state index is 13.3. The highest BCUT2D eigenvalue weighted by molar-refractivity contribution is 6.31. The van der Waals surface area contributed by atoms with Crippen LogP contribution in [-0.2, 0) is 4.79 Å². The second-order valence-corrected chi connectivity index (χ2v) is 8.81. The number of carbonyl (C=O) groups is 1. The third-order valence-corrected chi connectivity index (χ3v) is 5.82. The molecule has 1 aromatic heterocycles. The predicted molar refractivity (Wildman–Crippen MR) is 145 cm³/mol. The van der Waals surface area contributed by atoms with Gasteiger partial charge in [0.05, 0.1) is 5.39 Å².